The first-order valence-electron chi connectivity index (χ1n) is 6.60. The van der Waals surface area contributed by atoms with Gasteiger partial charge in [0.15, 0.2) is 5.78 Å². The van der Waals surface area contributed by atoms with Gasteiger partial charge >= 0.3 is 0 Å². The van der Waals surface area contributed by atoms with E-state index >= 15 is 0 Å². The van der Waals surface area contributed by atoms with Crippen LogP contribution in [0, 0.1) is 10.1 Å². The van der Waals surface area contributed by atoms with Crippen molar-refractivity contribution in [3.63, 3.8) is 0 Å². The minimum atomic E-state index is -0.462. The Balaban J connectivity index is 2.35. The van der Waals surface area contributed by atoms with Crippen LogP contribution < -0.4 is 0 Å². The average molecular weight is 294 g/mol. The van der Waals surface area contributed by atoms with Gasteiger partial charge in [-0.1, -0.05) is 30.3 Å². The molecule has 2 aromatic rings. The largest absolute Gasteiger partial charge is 0.296 e. The smallest absolute Gasteiger partial charge is 0.269 e. The predicted octanol–water partition coefficient (Wildman–Crippen LogP) is 3.56. The number of rotatable bonds is 5. The minimum absolute atomic E-state index is 0.00548. The molecule has 0 radical (unpaired) electrons. The number of aliphatic imine (C=N–C) groups is 1. The molecule has 0 aliphatic heterocycles. The molecule has 110 valence electrons. The lowest BCUT2D eigenvalue weighted by atomic mass is 10.0. The number of nitro groups is 1. The second-order valence-electron chi connectivity index (χ2n) is 4.52. The number of hydrogen-bond acceptors (Lipinski definition) is 4. The summed E-state index contributed by atoms with van der Waals surface area (Å²) >= 11 is 0. The van der Waals surface area contributed by atoms with Crippen molar-refractivity contribution < 1.29 is 9.72 Å². The molecule has 0 aromatic heterocycles. The third-order valence-corrected chi connectivity index (χ3v) is 3.02. The Morgan fingerprint density at radius 2 is 1.68 bits per heavy atom. The first-order valence-corrected chi connectivity index (χ1v) is 6.60. The highest BCUT2D eigenvalue weighted by molar-refractivity contribution is 6.19. The van der Waals surface area contributed by atoms with Gasteiger partial charge in [0.1, 0.15) is 0 Å². The quantitative estimate of drug-likeness (QED) is 0.278. The number of hydrogen-bond donors (Lipinski definition) is 0. The molecule has 5 heteroatoms. The number of nitrogens with zero attached hydrogens (tertiary/aromatic N) is 2. The number of ketones is 1. The standard InChI is InChI=1S/C17H14N2O3/c1-18-12-15(11-17(20)14-5-3-2-4-6-14)13-7-9-16(10-8-13)19(21)22/h2-12H,1H3/b15-11+,18-12?. The highest BCUT2D eigenvalue weighted by Crippen LogP contribution is 2.18. The van der Waals surface area contributed by atoms with Gasteiger partial charge in [0.25, 0.3) is 5.69 Å². The summed E-state index contributed by atoms with van der Waals surface area (Å²) in [7, 11) is 1.60. The minimum Gasteiger partial charge on any atom is -0.296 e. The zero-order chi connectivity index (χ0) is 15.9. The first kappa shape index (κ1) is 15.3. The predicted molar refractivity (Wildman–Crippen MR) is 86.3 cm³/mol. The molecule has 22 heavy (non-hydrogen) atoms. The van der Waals surface area contributed by atoms with E-state index < -0.39 is 4.92 Å². The molecule has 0 saturated heterocycles. The van der Waals surface area contributed by atoms with Crippen LogP contribution in [0.25, 0.3) is 5.57 Å². The van der Waals surface area contributed by atoms with Crippen molar-refractivity contribution >= 4 is 23.3 Å². The van der Waals surface area contributed by atoms with Crippen LogP contribution in [0.4, 0.5) is 5.69 Å². The molecule has 0 heterocycles. The van der Waals surface area contributed by atoms with E-state index in [2.05, 4.69) is 4.99 Å². The maximum absolute atomic E-state index is 12.2. The summed E-state index contributed by atoms with van der Waals surface area (Å²) in [5, 5.41) is 10.7. The molecule has 2 rings (SSSR count). The number of carbonyl (C=O) groups excluding carboxylic acids is 1. The lowest BCUT2D eigenvalue weighted by molar-refractivity contribution is -0.384. The number of non-ortho nitro benzene ring substituents is 1. The van der Waals surface area contributed by atoms with Crippen LogP contribution >= 0.6 is 0 Å². The van der Waals surface area contributed by atoms with Gasteiger partial charge in [0.05, 0.1) is 4.92 Å². The molecule has 0 unspecified atom stereocenters. The first-order chi connectivity index (χ1) is 10.6. The van der Waals surface area contributed by atoms with Gasteiger partial charge in [-0.25, -0.2) is 0 Å². The van der Waals surface area contributed by atoms with E-state index in [4.69, 9.17) is 0 Å². The van der Waals surface area contributed by atoms with Crippen molar-refractivity contribution in [1.82, 2.24) is 0 Å². The Morgan fingerprint density at radius 1 is 1.05 bits per heavy atom. The Labute approximate surface area is 127 Å². The summed E-state index contributed by atoms with van der Waals surface area (Å²) in [6.07, 6.45) is 3.03. The van der Waals surface area contributed by atoms with E-state index in [1.165, 1.54) is 18.2 Å². The van der Waals surface area contributed by atoms with Gasteiger partial charge in [0.2, 0.25) is 0 Å². The summed E-state index contributed by atoms with van der Waals surface area (Å²) in [5.74, 6) is -0.145. The van der Waals surface area contributed by atoms with Crippen LogP contribution in [0.2, 0.25) is 0 Å². The van der Waals surface area contributed by atoms with Crippen LogP contribution in [0.1, 0.15) is 15.9 Å². The Hall–Kier alpha value is -3.08. The molecule has 0 bridgehead atoms. The summed E-state index contributed by atoms with van der Waals surface area (Å²) in [5.41, 5.74) is 1.88. The number of allylic oxidation sites excluding steroid dienone is 2. The lowest BCUT2D eigenvalue weighted by Gasteiger charge is -2.02. The van der Waals surface area contributed by atoms with Gasteiger partial charge in [0, 0.05) is 36.5 Å². The van der Waals surface area contributed by atoms with Crippen molar-refractivity contribution in [3.8, 4) is 0 Å². The molecule has 0 fully saturated rings. The van der Waals surface area contributed by atoms with Crippen LogP contribution in [-0.4, -0.2) is 24.0 Å². The van der Waals surface area contributed by atoms with Gasteiger partial charge in [-0.3, -0.25) is 19.9 Å². The second-order valence-corrected chi connectivity index (χ2v) is 4.52. The van der Waals surface area contributed by atoms with Crippen molar-refractivity contribution in [3.05, 3.63) is 81.9 Å². The van der Waals surface area contributed by atoms with Gasteiger partial charge < -0.3 is 0 Å². The number of benzene rings is 2. The Bertz CT molecular complexity index is 732. The highest BCUT2D eigenvalue weighted by Gasteiger charge is 2.08. The van der Waals surface area contributed by atoms with E-state index in [1.54, 1.807) is 49.7 Å². The number of carbonyl (C=O) groups is 1. The summed E-state index contributed by atoms with van der Waals surface area (Å²) < 4.78 is 0. The SMILES string of the molecule is CN=C/C(=C\C(=O)c1ccccc1)c1ccc([N+](=O)[O-])cc1. The van der Waals surface area contributed by atoms with Crippen molar-refractivity contribution in [2.75, 3.05) is 7.05 Å². The molecule has 0 N–H and O–H groups in total. The van der Waals surface area contributed by atoms with Crippen molar-refractivity contribution in [2.45, 2.75) is 0 Å². The zero-order valence-corrected chi connectivity index (χ0v) is 12.0. The van der Waals surface area contributed by atoms with E-state index in [9.17, 15) is 14.9 Å². The molecular formula is C17H14N2O3. The zero-order valence-electron chi connectivity index (χ0n) is 12.0. The van der Waals surface area contributed by atoms with E-state index in [0.29, 0.717) is 16.7 Å². The van der Waals surface area contributed by atoms with E-state index in [0.717, 1.165) is 0 Å². The molecule has 0 atom stereocenters. The number of nitro benzene ring substituents is 1. The average Bonchev–Trinajstić information content (AvgIpc) is 2.55. The molecule has 0 aliphatic rings. The van der Waals surface area contributed by atoms with E-state index in [1.807, 2.05) is 6.07 Å². The monoisotopic (exact) mass is 294 g/mol. The molecule has 5 nitrogen and oxygen atoms in total. The highest BCUT2D eigenvalue weighted by atomic mass is 16.6. The van der Waals surface area contributed by atoms with Crippen molar-refractivity contribution in [1.29, 1.82) is 0 Å². The van der Waals surface area contributed by atoms with Crippen LogP contribution in [0.5, 0.6) is 0 Å². The van der Waals surface area contributed by atoms with Crippen LogP contribution in [0.15, 0.2) is 65.7 Å². The fraction of sp³-hybridized carbons (Fsp3) is 0.0588. The Morgan fingerprint density at radius 3 is 2.23 bits per heavy atom. The third kappa shape index (κ3) is 3.73. The maximum atomic E-state index is 12.2. The van der Waals surface area contributed by atoms with Crippen LogP contribution in [-0.2, 0) is 0 Å². The normalized spacial score (nSPS) is 11.6. The molecular weight excluding hydrogens is 280 g/mol. The molecule has 0 amide bonds. The molecule has 2 aromatic carbocycles. The molecule has 0 spiro atoms. The summed E-state index contributed by atoms with van der Waals surface area (Å²) in [4.78, 5) is 26.4. The second kappa shape index (κ2) is 7.08. The maximum Gasteiger partial charge on any atom is 0.269 e. The molecule has 0 saturated carbocycles. The van der Waals surface area contributed by atoms with E-state index in [-0.39, 0.29) is 11.5 Å². The lowest BCUT2D eigenvalue weighted by Crippen LogP contribution is -1.97. The fourth-order valence-electron chi connectivity index (χ4n) is 1.94. The summed E-state index contributed by atoms with van der Waals surface area (Å²) in [6, 6.07) is 14.9. The van der Waals surface area contributed by atoms with Gasteiger partial charge in [-0.05, 0) is 23.8 Å². The summed E-state index contributed by atoms with van der Waals surface area (Å²) in [6.45, 7) is 0. The van der Waals surface area contributed by atoms with Crippen LogP contribution in [0.3, 0.4) is 0 Å². The van der Waals surface area contributed by atoms with Crippen molar-refractivity contribution in [2.24, 2.45) is 4.99 Å². The van der Waals surface area contributed by atoms with Gasteiger partial charge in [-0.2, -0.15) is 0 Å². The molecule has 0 aliphatic carbocycles. The fourth-order valence-corrected chi connectivity index (χ4v) is 1.94. The third-order valence-electron chi connectivity index (χ3n) is 3.02. The van der Waals surface area contributed by atoms with Gasteiger partial charge in [-0.15, -0.1) is 0 Å². The topological polar surface area (TPSA) is 72.6 Å². The Kier molecular flexibility index (Phi) is 4.93.